The van der Waals surface area contributed by atoms with Crippen LogP contribution in [0.1, 0.15) is 34.8 Å². The molecule has 0 radical (unpaired) electrons. The summed E-state index contributed by atoms with van der Waals surface area (Å²) < 4.78 is 34.5. The Morgan fingerprint density at radius 1 is 1.06 bits per heavy atom. The van der Waals surface area contributed by atoms with Gasteiger partial charge in [-0.25, -0.2) is 9.18 Å². The van der Waals surface area contributed by atoms with E-state index in [4.69, 9.17) is 18.6 Å². The zero-order chi connectivity index (χ0) is 25.5. The van der Waals surface area contributed by atoms with E-state index in [0.717, 1.165) is 5.56 Å². The first-order valence-electron chi connectivity index (χ1n) is 10.9. The Balaban J connectivity index is 1.93. The summed E-state index contributed by atoms with van der Waals surface area (Å²) in [6, 6.07) is 10.6. The number of aromatic hydroxyl groups is 1. The van der Waals surface area contributed by atoms with E-state index in [9.17, 15) is 19.1 Å². The van der Waals surface area contributed by atoms with Crippen molar-refractivity contribution >= 4 is 5.91 Å². The molecule has 3 rings (SSSR count). The van der Waals surface area contributed by atoms with Crippen LogP contribution < -0.4 is 25.2 Å². The van der Waals surface area contributed by atoms with Crippen molar-refractivity contribution in [2.75, 3.05) is 27.9 Å². The second-order valence-corrected chi connectivity index (χ2v) is 7.89. The van der Waals surface area contributed by atoms with Gasteiger partial charge in [-0.15, -0.1) is 0 Å². The highest BCUT2D eigenvalue weighted by Crippen LogP contribution is 2.42. The van der Waals surface area contributed by atoms with Gasteiger partial charge in [0.2, 0.25) is 11.7 Å². The maximum absolute atomic E-state index is 13.1. The molecular weight excluding hydrogens is 457 g/mol. The molecule has 0 spiro atoms. The van der Waals surface area contributed by atoms with E-state index < -0.39 is 11.5 Å². The minimum atomic E-state index is -0.869. The van der Waals surface area contributed by atoms with Gasteiger partial charge in [0.1, 0.15) is 17.3 Å². The summed E-state index contributed by atoms with van der Waals surface area (Å²) in [5, 5.41) is 13.4. The number of ether oxygens (including phenoxy) is 3. The Morgan fingerprint density at radius 2 is 1.69 bits per heavy atom. The van der Waals surface area contributed by atoms with Crippen molar-refractivity contribution in [2.24, 2.45) is 0 Å². The Bertz CT molecular complexity index is 1210. The van der Waals surface area contributed by atoms with Gasteiger partial charge in [-0.05, 0) is 48.7 Å². The molecule has 0 aliphatic carbocycles. The minimum absolute atomic E-state index is 0.0569. The Labute approximate surface area is 202 Å². The predicted octanol–water partition coefficient (Wildman–Crippen LogP) is 3.70. The molecule has 0 fully saturated rings. The SMILES string of the molecule is COc1cc(C(CC(=O)NCCc2ccc(F)cc2)c2c(O)cc(C)oc2=O)cc(OC)c1OC. The van der Waals surface area contributed by atoms with E-state index in [1.54, 1.807) is 31.2 Å². The van der Waals surface area contributed by atoms with Crippen molar-refractivity contribution in [1.82, 2.24) is 5.32 Å². The maximum Gasteiger partial charge on any atom is 0.343 e. The zero-order valence-corrected chi connectivity index (χ0v) is 20.0. The summed E-state index contributed by atoms with van der Waals surface area (Å²) in [4.78, 5) is 25.6. The number of hydrogen-bond donors (Lipinski definition) is 2. The second kappa shape index (κ2) is 11.4. The van der Waals surface area contributed by atoms with Gasteiger partial charge >= 0.3 is 5.63 Å². The highest BCUT2D eigenvalue weighted by molar-refractivity contribution is 5.78. The first kappa shape index (κ1) is 25.6. The first-order valence-corrected chi connectivity index (χ1v) is 10.9. The third-order valence-corrected chi connectivity index (χ3v) is 5.57. The number of methoxy groups -OCH3 is 3. The lowest BCUT2D eigenvalue weighted by Crippen LogP contribution is -2.28. The summed E-state index contributed by atoms with van der Waals surface area (Å²) in [6.07, 6.45) is 0.336. The molecule has 8 nitrogen and oxygen atoms in total. The van der Waals surface area contributed by atoms with Crippen molar-refractivity contribution < 1.29 is 32.9 Å². The van der Waals surface area contributed by atoms with E-state index >= 15 is 0 Å². The smallest absolute Gasteiger partial charge is 0.343 e. The molecular formula is C26H28FNO7. The van der Waals surface area contributed by atoms with Gasteiger partial charge in [0, 0.05) is 24.9 Å². The van der Waals surface area contributed by atoms with Crippen molar-refractivity contribution in [3.8, 4) is 23.0 Å². The number of hydrogen-bond acceptors (Lipinski definition) is 7. The van der Waals surface area contributed by atoms with Crippen molar-refractivity contribution in [2.45, 2.75) is 25.7 Å². The quantitative estimate of drug-likeness (QED) is 0.451. The van der Waals surface area contributed by atoms with Crippen LogP contribution in [-0.4, -0.2) is 38.9 Å². The molecule has 186 valence electrons. The summed E-state index contributed by atoms with van der Waals surface area (Å²) in [5.41, 5.74) is 0.545. The van der Waals surface area contributed by atoms with Crippen LogP contribution in [0.25, 0.3) is 0 Å². The molecule has 1 amide bonds. The second-order valence-electron chi connectivity index (χ2n) is 7.89. The summed E-state index contributed by atoms with van der Waals surface area (Å²) >= 11 is 0. The topological polar surface area (TPSA) is 107 Å². The Kier molecular flexibility index (Phi) is 8.35. The molecule has 0 aliphatic heterocycles. The van der Waals surface area contributed by atoms with E-state index in [1.807, 2.05) is 0 Å². The molecule has 0 saturated heterocycles. The molecule has 1 aromatic heterocycles. The number of halogens is 1. The standard InChI is InChI=1S/C26H28FNO7/c1-15-11-20(29)24(26(31)35-15)19(17-12-21(32-2)25(34-4)22(13-17)33-3)14-23(30)28-10-9-16-5-7-18(27)8-6-16/h5-8,11-13,19,29H,9-10,14H2,1-4H3,(H,28,30). The van der Waals surface area contributed by atoms with E-state index in [2.05, 4.69) is 5.32 Å². The molecule has 9 heteroatoms. The van der Waals surface area contributed by atoms with Crippen molar-refractivity contribution in [1.29, 1.82) is 0 Å². The van der Waals surface area contributed by atoms with E-state index in [-0.39, 0.29) is 35.2 Å². The fourth-order valence-corrected chi connectivity index (χ4v) is 3.87. The highest BCUT2D eigenvalue weighted by atomic mass is 19.1. The molecule has 2 aromatic carbocycles. The number of aryl methyl sites for hydroxylation is 1. The summed E-state index contributed by atoms with van der Waals surface area (Å²) in [6.45, 7) is 1.85. The van der Waals surface area contributed by atoms with Crippen LogP contribution in [0.5, 0.6) is 23.0 Å². The number of benzene rings is 2. The fourth-order valence-electron chi connectivity index (χ4n) is 3.87. The van der Waals surface area contributed by atoms with Gasteiger partial charge in [0.05, 0.1) is 26.9 Å². The third kappa shape index (κ3) is 6.11. The predicted molar refractivity (Wildman–Crippen MR) is 127 cm³/mol. The van der Waals surface area contributed by atoms with Gasteiger partial charge in [-0.1, -0.05) is 12.1 Å². The van der Waals surface area contributed by atoms with Crippen molar-refractivity contribution in [3.05, 3.63) is 81.2 Å². The molecule has 0 aliphatic rings. The van der Waals surface area contributed by atoms with Gasteiger partial charge in [-0.2, -0.15) is 0 Å². The van der Waals surface area contributed by atoms with Crippen LogP contribution >= 0.6 is 0 Å². The minimum Gasteiger partial charge on any atom is -0.507 e. The number of carbonyl (C=O) groups excluding carboxylic acids is 1. The van der Waals surface area contributed by atoms with Gasteiger partial charge in [0.25, 0.3) is 0 Å². The number of rotatable bonds is 10. The van der Waals surface area contributed by atoms with Crippen LogP contribution in [0.15, 0.2) is 51.7 Å². The van der Waals surface area contributed by atoms with Crippen LogP contribution in [0, 0.1) is 12.7 Å². The largest absolute Gasteiger partial charge is 0.507 e. The van der Waals surface area contributed by atoms with Crippen LogP contribution in [0.2, 0.25) is 0 Å². The normalized spacial score (nSPS) is 11.6. The van der Waals surface area contributed by atoms with Crippen LogP contribution in [0.4, 0.5) is 4.39 Å². The molecule has 0 saturated carbocycles. The lowest BCUT2D eigenvalue weighted by atomic mass is 9.88. The third-order valence-electron chi connectivity index (χ3n) is 5.57. The summed E-state index contributed by atoms with van der Waals surface area (Å²) in [5.74, 6) is -0.583. The molecule has 1 unspecified atom stereocenters. The van der Waals surface area contributed by atoms with Gasteiger partial charge in [-0.3, -0.25) is 4.79 Å². The maximum atomic E-state index is 13.1. The number of nitrogens with one attached hydrogen (secondary N) is 1. The van der Waals surface area contributed by atoms with Crippen LogP contribution in [-0.2, 0) is 11.2 Å². The number of amides is 1. The number of carbonyl (C=O) groups is 1. The molecule has 1 atom stereocenters. The van der Waals surface area contributed by atoms with E-state index in [1.165, 1.54) is 39.5 Å². The Hall–Kier alpha value is -4.01. The molecule has 1 heterocycles. The zero-order valence-electron chi connectivity index (χ0n) is 20.0. The first-order chi connectivity index (χ1) is 16.8. The molecule has 0 bridgehead atoms. The highest BCUT2D eigenvalue weighted by Gasteiger charge is 2.28. The molecule has 35 heavy (non-hydrogen) atoms. The van der Waals surface area contributed by atoms with Gasteiger partial charge < -0.3 is 29.1 Å². The van der Waals surface area contributed by atoms with E-state index in [0.29, 0.717) is 35.8 Å². The van der Waals surface area contributed by atoms with Crippen LogP contribution in [0.3, 0.4) is 0 Å². The fraction of sp³-hybridized carbons (Fsp3) is 0.308. The molecule has 2 N–H and O–H groups in total. The lowest BCUT2D eigenvalue weighted by molar-refractivity contribution is -0.121. The van der Waals surface area contributed by atoms with Gasteiger partial charge in [0.15, 0.2) is 11.5 Å². The Morgan fingerprint density at radius 3 is 2.23 bits per heavy atom. The van der Waals surface area contributed by atoms with Crippen molar-refractivity contribution in [3.63, 3.8) is 0 Å². The monoisotopic (exact) mass is 485 g/mol. The lowest BCUT2D eigenvalue weighted by Gasteiger charge is -2.21. The molecule has 3 aromatic rings. The average molecular weight is 486 g/mol. The summed E-state index contributed by atoms with van der Waals surface area (Å²) in [7, 11) is 4.37. The average Bonchev–Trinajstić information content (AvgIpc) is 2.83.